The molecule has 0 radical (unpaired) electrons. The lowest BCUT2D eigenvalue weighted by molar-refractivity contribution is -0.118. The summed E-state index contributed by atoms with van der Waals surface area (Å²) in [5, 5.41) is 8.25. The first-order valence-corrected chi connectivity index (χ1v) is 7.80. The molecule has 2 aromatic rings. The minimum Gasteiger partial charge on any atom is -0.342 e. The fourth-order valence-electron chi connectivity index (χ4n) is 2.07. The molecule has 4 nitrogen and oxygen atoms in total. The predicted octanol–water partition coefficient (Wildman–Crippen LogP) is 2.58. The Kier molecular flexibility index (Phi) is 5.75. The molecule has 114 valence electrons. The average Bonchev–Trinajstić information content (AvgIpc) is 2.55. The van der Waals surface area contributed by atoms with E-state index in [2.05, 4.69) is 5.32 Å². The van der Waals surface area contributed by atoms with Crippen LogP contribution in [-0.4, -0.2) is 17.7 Å². The van der Waals surface area contributed by atoms with Gasteiger partial charge in [0.2, 0.25) is 0 Å². The largest absolute Gasteiger partial charge is 0.342 e. The van der Waals surface area contributed by atoms with Crippen molar-refractivity contribution >= 4 is 23.6 Å². The summed E-state index contributed by atoms with van der Waals surface area (Å²) in [7, 11) is 0. The van der Waals surface area contributed by atoms with Crippen molar-refractivity contribution in [3.05, 3.63) is 65.7 Å². The van der Waals surface area contributed by atoms with Gasteiger partial charge in [-0.2, -0.15) is 0 Å². The average molecular weight is 314 g/mol. The van der Waals surface area contributed by atoms with Crippen molar-refractivity contribution < 1.29 is 9.59 Å². The van der Waals surface area contributed by atoms with Gasteiger partial charge in [0.15, 0.2) is 5.78 Å². The smallest absolute Gasteiger partial charge is 0.251 e. The number of nitrogens with two attached hydrogens (primary N) is 1. The van der Waals surface area contributed by atoms with Crippen molar-refractivity contribution in [2.24, 2.45) is 5.14 Å². The van der Waals surface area contributed by atoms with Crippen LogP contribution in [0.2, 0.25) is 0 Å². The Bertz CT molecular complexity index is 641. The van der Waals surface area contributed by atoms with Gasteiger partial charge in [-0.15, -0.1) is 0 Å². The Morgan fingerprint density at radius 1 is 1.09 bits per heavy atom. The number of carbonyl (C=O) groups excluding carboxylic acids is 2. The minimum absolute atomic E-state index is 0.0636. The van der Waals surface area contributed by atoms with Gasteiger partial charge in [-0.25, -0.2) is 0 Å². The third kappa shape index (κ3) is 4.44. The van der Waals surface area contributed by atoms with Crippen LogP contribution in [0.3, 0.4) is 0 Å². The topological polar surface area (TPSA) is 72.2 Å². The lowest BCUT2D eigenvalue weighted by Crippen LogP contribution is -2.41. The number of rotatable bonds is 6. The maximum absolute atomic E-state index is 12.2. The maximum Gasteiger partial charge on any atom is 0.251 e. The molecule has 0 heterocycles. The third-order valence-electron chi connectivity index (χ3n) is 3.33. The van der Waals surface area contributed by atoms with Gasteiger partial charge in [0, 0.05) is 10.5 Å². The molecule has 2 rings (SSSR count). The predicted molar refractivity (Wildman–Crippen MR) is 88.6 cm³/mol. The van der Waals surface area contributed by atoms with Crippen LogP contribution in [0.4, 0.5) is 0 Å². The molecule has 1 amide bonds. The number of hydrogen-bond donors (Lipinski definition) is 2. The lowest BCUT2D eigenvalue weighted by Gasteiger charge is -2.16. The Balaban J connectivity index is 2.06. The fourth-order valence-corrected chi connectivity index (χ4v) is 2.37. The summed E-state index contributed by atoms with van der Waals surface area (Å²) in [6, 6.07) is 16.0. The quantitative estimate of drug-likeness (QED) is 0.804. The molecule has 5 heteroatoms. The number of amides is 1. The van der Waals surface area contributed by atoms with Gasteiger partial charge < -0.3 is 5.32 Å². The van der Waals surface area contributed by atoms with Crippen molar-refractivity contribution in [3.63, 3.8) is 0 Å². The van der Waals surface area contributed by atoms with Crippen LogP contribution in [0.5, 0.6) is 0 Å². The molecule has 0 aliphatic rings. The minimum atomic E-state index is -0.529. The Morgan fingerprint density at radius 2 is 1.73 bits per heavy atom. The maximum atomic E-state index is 12.2. The zero-order valence-electron chi connectivity index (χ0n) is 12.3. The number of hydrogen-bond acceptors (Lipinski definition) is 4. The van der Waals surface area contributed by atoms with Crippen LogP contribution in [0, 0.1) is 0 Å². The van der Waals surface area contributed by atoms with Gasteiger partial charge in [0.05, 0.1) is 6.04 Å². The normalized spacial score (nSPS) is 11.7. The van der Waals surface area contributed by atoms with Crippen molar-refractivity contribution in [1.29, 1.82) is 0 Å². The number of benzene rings is 2. The van der Waals surface area contributed by atoms with E-state index in [0.717, 1.165) is 22.4 Å². The highest BCUT2D eigenvalue weighted by Gasteiger charge is 2.18. The number of Topliss-reactive ketones (excluding diaryl/α,β-unsaturated/α-hetero) is 1. The van der Waals surface area contributed by atoms with Crippen LogP contribution < -0.4 is 10.5 Å². The van der Waals surface area contributed by atoms with E-state index in [1.807, 2.05) is 30.3 Å². The van der Waals surface area contributed by atoms with E-state index < -0.39 is 6.04 Å². The van der Waals surface area contributed by atoms with E-state index in [1.165, 1.54) is 6.92 Å². The molecule has 0 bridgehead atoms. The second kappa shape index (κ2) is 7.77. The molecule has 0 aliphatic heterocycles. The summed E-state index contributed by atoms with van der Waals surface area (Å²) < 4.78 is 0. The first-order valence-electron chi connectivity index (χ1n) is 6.92. The molecule has 1 unspecified atom stereocenters. The monoisotopic (exact) mass is 314 g/mol. The standard InChI is InChI=1S/C17H18N2O2S/c1-12(20)16(11-13-5-3-2-4-6-13)19-17(21)14-7-9-15(22-18)10-8-14/h2-10,16H,11,18H2,1H3,(H,19,21). The molecule has 0 aliphatic carbocycles. The molecule has 0 fully saturated rings. The first kappa shape index (κ1) is 16.3. The second-order valence-electron chi connectivity index (χ2n) is 4.97. The van der Waals surface area contributed by atoms with Gasteiger partial charge in [-0.1, -0.05) is 30.3 Å². The zero-order chi connectivity index (χ0) is 15.9. The number of ketones is 1. The van der Waals surface area contributed by atoms with E-state index >= 15 is 0 Å². The molecule has 0 saturated carbocycles. The van der Waals surface area contributed by atoms with E-state index in [4.69, 9.17) is 5.14 Å². The molecule has 0 spiro atoms. The van der Waals surface area contributed by atoms with Gasteiger partial charge >= 0.3 is 0 Å². The lowest BCUT2D eigenvalue weighted by atomic mass is 10.0. The molecular formula is C17H18N2O2S. The van der Waals surface area contributed by atoms with Crippen LogP contribution in [0.15, 0.2) is 59.5 Å². The van der Waals surface area contributed by atoms with Crippen LogP contribution in [0.1, 0.15) is 22.8 Å². The van der Waals surface area contributed by atoms with Crippen molar-refractivity contribution in [2.75, 3.05) is 0 Å². The summed E-state index contributed by atoms with van der Waals surface area (Å²) in [5.41, 5.74) is 1.52. The summed E-state index contributed by atoms with van der Waals surface area (Å²) in [6.45, 7) is 1.49. The fraction of sp³-hybridized carbons (Fsp3) is 0.176. The highest BCUT2D eigenvalue weighted by molar-refractivity contribution is 7.97. The first-order chi connectivity index (χ1) is 10.6. The Labute approximate surface area is 134 Å². The third-order valence-corrected chi connectivity index (χ3v) is 3.88. The Morgan fingerprint density at radius 3 is 2.27 bits per heavy atom. The molecule has 2 aromatic carbocycles. The zero-order valence-corrected chi connectivity index (χ0v) is 13.1. The van der Waals surface area contributed by atoms with Gasteiger partial charge in [0.1, 0.15) is 0 Å². The van der Waals surface area contributed by atoms with Crippen molar-refractivity contribution in [3.8, 4) is 0 Å². The van der Waals surface area contributed by atoms with Crippen molar-refractivity contribution in [1.82, 2.24) is 5.32 Å². The highest BCUT2D eigenvalue weighted by Crippen LogP contribution is 2.13. The molecule has 3 N–H and O–H groups in total. The number of nitrogens with one attached hydrogen (secondary N) is 1. The molecule has 22 heavy (non-hydrogen) atoms. The summed E-state index contributed by atoms with van der Waals surface area (Å²) in [6.07, 6.45) is 0.485. The molecule has 0 saturated heterocycles. The summed E-state index contributed by atoms with van der Waals surface area (Å²) in [4.78, 5) is 24.9. The second-order valence-corrected chi connectivity index (χ2v) is 5.68. The van der Waals surface area contributed by atoms with Crippen molar-refractivity contribution in [2.45, 2.75) is 24.3 Å². The SMILES string of the molecule is CC(=O)C(Cc1ccccc1)NC(=O)c1ccc(SN)cc1. The summed E-state index contributed by atoms with van der Waals surface area (Å²) >= 11 is 1.12. The Hall–Kier alpha value is -2.11. The molecule has 0 aromatic heterocycles. The van der Waals surface area contributed by atoms with E-state index in [1.54, 1.807) is 24.3 Å². The number of carbonyl (C=O) groups is 2. The van der Waals surface area contributed by atoms with Crippen LogP contribution in [-0.2, 0) is 11.2 Å². The van der Waals surface area contributed by atoms with Crippen LogP contribution in [0.25, 0.3) is 0 Å². The highest BCUT2D eigenvalue weighted by atomic mass is 32.2. The van der Waals surface area contributed by atoms with Gasteiger partial charge in [-0.05, 0) is 55.1 Å². The van der Waals surface area contributed by atoms with Gasteiger partial charge in [0.25, 0.3) is 5.91 Å². The molecule has 1 atom stereocenters. The van der Waals surface area contributed by atoms with E-state index in [-0.39, 0.29) is 11.7 Å². The van der Waals surface area contributed by atoms with Gasteiger partial charge in [-0.3, -0.25) is 14.7 Å². The van der Waals surface area contributed by atoms with Crippen LogP contribution >= 0.6 is 11.9 Å². The molecular weight excluding hydrogens is 296 g/mol. The summed E-state index contributed by atoms with van der Waals surface area (Å²) in [5.74, 6) is -0.323. The van der Waals surface area contributed by atoms with E-state index in [9.17, 15) is 9.59 Å². The van der Waals surface area contributed by atoms with E-state index in [0.29, 0.717) is 12.0 Å².